The maximum absolute atomic E-state index is 12.7. The Kier molecular flexibility index (Phi) is 4.23. The Balaban J connectivity index is 1.73. The molecule has 1 unspecified atom stereocenters. The summed E-state index contributed by atoms with van der Waals surface area (Å²) in [4.78, 5) is 16.3. The van der Waals surface area contributed by atoms with Gasteiger partial charge in [-0.3, -0.25) is 9.89 Å². The average molecular weight is 318 g/mol. The summed E-state index contributed by atoms with van der Waals surface area (Å²) in [5.41, 5.74) is 1.06. The zero-order chi connectivity index (χ0) is 16.4. The minimum atomic E-state index is -0.856. The van der Waals surface area contributed by atoms with E-state index >= 15 is 0 Å². The number of rotatable bonds is 4. The number of carbonyl (C=O) groups excluding carboxylic acids is 1. The Morgan fingerprint density at radius 3 is 3.09 bits per heavy atom. The van der Waals surface area contributed by atoms with Crippen molar-refractivity contribution in [3.63, 3.8) is 0 Å². The molecule has 0 bridgehead atoms. The van der Waals surface area contributed by atoms with Crippen molar-refractivity contribution in [2.24, 2.45) is 0 Å². The third-order valence-corrected chi connectivity index (χ3v) is 4.08. The second-order valence-corrected chi connectivity index (χ2v) is 6.47. The second kappa shape index (κ2) is 6.17. The summed E-state index contributed by atoms with van der Waals surface area (Å²) >= 11 is 0. The number of β-amino-alcohol motifs (C(OH)–C–C–N with tert-alkyl or cyclic N) is 1. The number of aromatic amines is 1. The quantitative estimate of drug-likeness (QED) is 0.885. The van der Waals surface area contributed by atoms with Crippen LogP contribution in [0.25, 0.3) is 11.3 Å². The maximum Gasteiger partial charge on any atom is 0.271 e. The molecule has 0 saturated carbocycles. The number of likely N-dealkylation sites (N-methyl/N-ethyl adjacent to an activating group) is 1. The number of piperidine rings is 1. The molecule has 1 amide bonds. The van der Waals surface area contributed by atoms with Crippen molar-refractivity contribution >= 4 is 5.91 Å². The van der Waals surface area contributed by atoms with E-state index in [4.69, 9.17) is 4.42 Å². The molecule has 1 fully saturated rings. The van der Waals surface area contributed by atoms with Gasteiger partial charge in [-0.15, -0.1) is 0 Å². The number of aliphatic hydroxyl groups is 1. The number of amides is 1. The molecule has 0 aromatic carbocycles. The first-order valence-electron chi connectivity index (χ1n) is 7.71. The summed E-state index contributed by atoms with van der Waals surface area (Å²) in [5, 5.41) is 17.6. The number of hydrogen-bond donors (Lipinski definition) is 2. The van der Waals surface area contributed by atoms with Crippen LogP contribution in [0.4, 0.5) is 0 Å². The number of hydrogen-bond acceptors (Lipinski definition) is 5. The molecule has 3 rings (SSSR count). The van der Waals surface area contributed by atoms with E-state index < -0.39 is 5.60 Å². The zero-order valence-corrected chi connectivity index (χ0v) is 13.5. The highest BCUT2D eigenvalue weighted by molar-refractivity contribution is 5.93. The fourth-order valence-electron chi connectivity index (χ4n) is 3.16. The summed E-state index contributed by atoms with van der Waals surface area (Å²) in [6.07, 6.45) is 4.65. The van der Waals surface area contributed by atoms with Crippen LogP contribution in [0.1, 0.15) is 23.3 Å². The number of likely N-dealkylation sites (tertiary alicyclic amines) is 1. The third kappa shape index (κ3) is 3.46. The summed E-state index contributed by atoms with van der Waals surface area (Å²) in [7, 11) is 3.84. The lowest BCUT2D eigenvalue weighted by atomic mass is 9.92. The fourth-order valence-corrected chi connectivity index (χ4v) is 3.16. The number of aromatic nitrogens is 2. The number of H-pyrrole nitrogens is 1. The minimum Gasteiger partial charge on any atom is -0.472 e. The topological polar surface area (TPSA) is 85.6 Å². The van der Waals surface area contributed by atoms with Gasteiger partial charge in [0.2, 0.25) is 0 Å². The molecule has 1 saturated heterocycles. The first-order valence-corrected chi connectivity index (χ1v) is 7.71. The summed E-state index contributed by atoms with van der Waals surface area (Å²) in [6, 6.07) is 3.51. The van der Waals surface area contributed by atoms with Gasteiger partial charge < -0.3 is 19.3 Å². The lowest BCUT2D eigenvalue weighted by Gasteiger charge is -2.40. The summed E-state index contributed by atoms with van der Waals surface area (Å²) in [5.74, 6) is -0.135. The van der Waals surface area contributed by atoms with E-state index in [1.807, 2.05) is 19.0 Å². The van der Waals surface area contributed by atoms with E-state index in [-0.39, 0.29) is 5.91 Å². The van der Waals surface area contributed by atoms with E-state index in [2.05, 4.69) is 10.2 Å². The average Bonchev–Trinajstić information content (AvgIpc) is 3.16. The first kappa shape index (κ1) is 15.8. The van der Waals surface area contributed by atoms with Gasteiger partial charge in [-0.25, -0.2) is 0 Å². The molecule has 0 spiro atoms. The van der Waals surface area contributed by atoms with E-state index in [1.54, 1.807) is 29.6 Å². The van der Waals surface area contributed by atoms with Gasteiger partial charge in [-0.05, 0) is 39.1 Å². The Hall–Kier alpha value is -2.12. The van der Waals surface area contributed by atoms with Crippen molar-refractivity contribution in [2.75, 3.05) is 33.7 Å². The smallest absolute Gasteiger partial charge is 0.271 e. The van der Waals surface area contributed by atoms with Crippen LogP contribution in [-0.4, -0.2) is 70.3 Å². The monoisotopic (exact) mass is 318 g/mol. The van der Waals surface area contributed by atoms with Crippen LogP contribution in [0.15, 0.2) is 29.1 Å². The largest absolute Gasteiger partial charge is 0.472 e. The van der Waals surface area contributed by atoms with Crippen LogP contribution in [0.3, 0.4) is 0 Å². The molecule has 1 aliphatic rings. The number of furan rings is 1. The molecule has 124 valence electrons. The van der Waals surface area contributed by atoms with Gasteiger partial charge in [0.05, 0.1) is 30.4 Å². The normalized spacial score (nSPS) is 21.8. The SMILES string of the molecule is CN(C)CC1(O)CCCN(C(=O)c2cc(-c3ccoc3)n[nH]2)C1. The molecule has 0 radical (unpaired) electrons. The fraction of sp³-hybridized carbons (Fsp3) is 0.500. The molecule has 1 atom stereocenters. The van der Waals surface area contributed by atoms with Crippen molar-refractivity contribution in [1.29, 1.82) is 0 Å². The van der Waals surface area contributed by atoms with Crippen LogP contribution in [-0.2, 0) is 0 Å². The van der Waals surface area contributed by atoms with Crippen LogP contribution < -0.4 is 0 Å². The van der Waals surface area contributed by atoms with Crippen molar-refractivity contribution in [2.45, 2.75) is 18.4 Å². The Morgan fingerprint density at radius 2 is 2.39 bits per heavy atom. The van der Waals surface area contributed by atoms with E-state index in [9.17, 15) is 9.90 Å². The van der Waals surface area contributed by atoms with E-state index in [0.717, 1.165) is 12.0 Å². The van der Waals surface area contributed by atoms with Crippen LogP contribution in [0, 0.1) is 0 Å². The minimum absolute atomic E-state index is 0.135. The highest BCUT2D eigenvalue weighted by atomic mass is 16.3. The highest BCUT2D eigenvalue weighted by Gasteiger charge is 2.36. The molecule has 2 aromatic heterocycles. The van der Waals surface area contributed by atoms with Crippen molar-refractivity contribution in [3.8, 4) is 11.3 Å². The van der Waals surface area contributed by atoms with Gasteiger partial charge in [0.25, 0.3) is 5.91 Å². The molecule has 0 aliphatic carbocycles. The van der Waals surface area contributed by atoms with Gasteiger partial charge in [0, 0.05) is 18.7 Å². The number of carbonyl (C=O) groups is 1. The molecule has 2 N–H and O–H groups in total. The lowest BCUT2D eigenvalue weighted by molar-refractivity contribution is -0.0392. The number of nitrogens with zero attached hydrogens (tertiary/aromatic N) is 3. The number of nitrogens with one attached hydrogen (secondary N) is 1. The third-order valence-electron chi connectivity index (χ3n) is 4.08. The molecule has 7 nitrogen and oxygen atoms in total. The van der Waals surface area contributed by atoms with Gasteiger partial charge in [0.15, 0.2) is 0 Å². The molecule has 3 heterocycles. The van der Waals surface area contributed by atoms with Crippen LogP contribution in [0.2, 0.25) is 0 Å². The van der Waals surface area contributed by atoms with Crippen molar-refractivity contribution < 1.29 is 14.3 Å². The molecular formula is C16H22N4O3. The summed E-state index contributed by atoms with van der Waals surface area (Å²) < 4.78 is 5.03. The van der Waals surface area contributed by atoms with Crippen molar-refractivity contribution in [1.82, 2.24) is 20.0 Å². The van der Waals surface area contributed by atoms with Crippen LogP contribution in [0.5, 0.6) is 0 Å². The standard InChI is InChI=1S/C16H22N4O3/c1-19(2)10-16(22)5-3-6-20(11-16)15(21)14-8-13(17-18-14)12-4-7-23-9-12/h4,7-9,22H,3,5-6,10-11H2,1-2H3,(H,17,18). The van der Waals surface area contributed by atoms with Gasteiger partial charge >= 0.3 is 0 Å². The van der Waals surface area contributed by atoms with Gasteiger partial charge in [-0.2, -0.15) is 5.10 Å². The summed E-state index contributed by atoms with van der Waals surface area (Å²) in [6.45, 7) is 1.53. The first-order chi connectivity index (χ1) is 11.0. The zero-order valence-electron chi connectivity index (χ0n) is 13.5. The van der Waals surface area contributed by atoms with Gasteiger partial charge in [-0.1, -0.05) is 0 Å². The van der Waals surface area contributed by atoms with E-state index in [1.165, 1.54) is 0 Å². The molecule has 23 heavy (non-hydrogen) atoms. The predicted octanol–water partition coefficient (Wildman–Crippen LogP) is 1.20. The van der Waals surface area contributed by atoms with E-state index in [0.29, 0.717) is 37.4 Å². The molecular weight excluding hydrogens is 296 g/mol. The Labute approximate surface area is 134 Å². The Morgan fingerprint density at radius 1 is 1.57 bits per heavy atom. The Bertz CT molecular complexity index is 665. The lowest BCUT2D eigenvalue weighted by Crippen LogP contribution is -2.54. The second-order valence-electron chi connectivity index (χ2n) is 6.47. The van der Waals surface area contributed by atoms with Crippen LogP contribution >= 0.6 is 0 Å². The molecule has 2 aromatic rings. The molecule has 1 aliphatic heterocycles. The highest BCUT2D eigenvalue weighted by Crippen LogP contribution is 2.24. The predicted molar refractivity (Wildman–Crippen MR) is 84.9 cm³/mol. The maximum atomic E-state index is 12.7. The molecule has 7 heteroatoms. The van der Waals surface area contributed by atoms with Gasteiger partial charge in [0.1, 0.15) is 5.69 Å². The van der Waals surface area contributed by atoms with Crippen molar-refractivity contribution in [3.05, 3.63) is 30.4 Å².